The van der Waals surface area contributed by atoms with Gasteiger partial charge in [0.2, 0.25) is 17.7 Å². The zero-order valence-corrected chi connectivity index (χ0v) is 21.3. The van der Waals surface area contributed by atoms with Crippen molar-refractivity contribution in [3.8, 4) is 0 Å². The molecule has 0 bridgehead atoms. The van der Waals surface area contributed by atoms with Gasteiger partial charge in [-0.05, 0) is 71.4 Å². The number of piperazine rings is 1. The molecule has 1 aromatic heterocycles. The number of benzene rings is 2. The first-order valence-corrected chi connectivity index (χ1v) is 12.7. The van der Waals surface area contributed by atoms with Crippen LogP contribution in [0.5, 0.6) is 0 Å². The van der Waals surface area contributed by atoms with E-state index in [0.29, 0.717) is 12.0 Å². The average molecular weight is 487 g/mol. The van der Waals surface area contributed by atoms with Gasteiger partial charge in [-0.1, -0.05) is 44.2 Å². The van der Waals surface area contributed by atoms with Gasteiger partial charge in [0.25, 0.3) is 0 Å². The van der Waals surface area contributed by atoms with Crippen LogP contribution in [0.25, 0.3) is 10.9 Å². The van der Waals surface area contributed by atoms with Crippen LogP contribution in [0.3, 0.4) is 0 Å². The van der Waals surface area contributed by atoms with Gasteiger partial charge >= 0.3 is 0 Å². The SMILES string of the molecule is CC(C)CC1C(=O)NC(C2Cc3ccccc3C2)C(=O)N1C(C(=O)N(C)C)c1ccc2[nH]ccc2c1. The zero-order valence-electron chi connectivity index (χ0n) is 21.3. The number of hydrogen-bond donors (Lipinski definition) is 2. The summed E-state index contributed by atoms with van der Waals surface area (Å²) in [5, 5.41) is 4.03. The van der Waals surface area contributed by atoms with Crippen molar-refractivity contribution in [2.75, 3.05) is 14.1 Å². The van der Waals surface area contributed by atoms with Gasteiger partial charge in [-0.3, -0.25) is 14.4 Å². The Hall–Kier alpha value is -3.61. The van der Waals surface area contributed by atoms with Gasteiger partial charge in [0, 0.05) is 25.8 Å². The Kier molecular flexibility index (Phi) is 6.33. The summed E-state index contributed by atoms with van der Waals surface area (Å²) in [4.78, 5) is 47.9. The number of fused-ring (bicyclic) bond motifs is 2. The lowest BCUT2D eigenvalue weighted by atomic mass is 9.87. The lowest BCUT2D eigenvalue weighted by Gasteiger charge is -2.45. The van der Waals surface area contributed by atoms with Crippen molar-refractivity contribution in [1.82, 2.24) is 20.1 Å². The van der Waals surface area contributed by atoms with Crippen LogP contribution in [0.2, 0.25) is 0 Å². The van der Waals surface area contributed by atoms with E-state index >= 15 is 0 Å². The molecule has 2 aliphatic rings. The van der Waals surface area contributed by atoms with Gasteiger partial charge in [-0.2, -0.15) is 0 Å². The Morgan fingerprint density at radius 2 is 1.75 bits per heavy atom. The first-order valence-electron chi connectivity index (χ1n) is 12.7. The monoisotopic (exact) mass is 486 g/mol. The lowest BCUT2D eigenvalue weighted by Crippen LogP contribution is -2.67. The third-order valence-electron chi connectivity index (χ3n) is 7.55. The van der Waals surface area contributed by atoms with Gasteiger partial charge in [0.15, 0.2) is 0 Å². The summed E-state index contributed by atoms with van der Waals surface area (Å²) in [6, 6.07) is 13.7. The highest BCUT2D eigenvalue weighted by atomic mass is 16.2. The van der Waals surface area contributed by atoms with Gasteiger partial charge in [-0.25, -0.2) is 0 Å². The normalized spacial score (nSPS) is 21.1. The number of H-pyrrole nitrogens is 1. The zero-order chi connectivity index (χ0) is 25.6. The maximum Gasteiger partial charge on any atom is 0.249 e. The number of amides is 3. The fraction of sp³-hybridized carbons (Fsp3) is 0.414. The lowest BCUT2D eigenvalue weighted by molar-refractivity contribution is -0.159. The number of nitrogens with one attached hydrogen (secondary N) is 2. The second-order valence-electron chi connectivity index (χ2n) is 10.8. The van der Waals surface area contributed by atoms with E-state index in [1.165, 1.54) is 16.0 Å². The van der Waals surface area contributed by atoms with Gasteiger partial charge in [-0.15, -0.1) is 0 Å². The fourth-order valence-corrected chi connectivity index (χ4v) is 5.78. The third kappa shape index (κ3) is 4.27. The number of nitrogens with zero attached hydrogens (tertiary/aromatic N) is 2. The maximum atomic E-state index is 14.3. The topological polar surface area (TPSA) is 85.5 Å². The molecule has 0 spiro atoms. The molecular formula is C29H34N4O3. The van der Waals surface area contributed by atoms with Crippen LogP contribution < -0.4 is 5.32 Å². The van der Waals surface area contributed by atoms with Crippen molar-refractivity contribution in [2.24, 2.45) is 11.8 Å². The molecule has 3 unspecified atom stereocenters. The van der Waals surface area contributed by atoms with Crippen LogP contribution in [0.1, 0.15) is 43.0 Å². The number of likely N-dealkylation sites (N-methyl/N-ethyl adjacent to an activating group) is 1. The van der Waals surface area contributed by atoms with E-state index in [0.717, 1.165) is 23.7 Å². The van der Waals surface area contributed by atoms with E-state index in [1.807, 2.05) is 56.4 Å². The molecule has 7 heteroatoms. The minimum absolute atomic E-state index is 0.0383. The van der Waals surface area contributed by atoms with E-state index in [2.05, 4.69) is 22.4 Å². The number of rotatable bonds is 6. The van der Waals surface area contributed by atoms with Crippen molar-refractivity contribution >= 4 is 28.6 Å². The molecule has 1 aliphatic heterocycles. The molecule has 188 valence electrons. The molecule has 7 nitrogen and oxygen atoms in total. The Bertz CT molecular complexity index is 1290. The Labute approximate surface area is 211 Å². The van der Waals surface area contributed by atoms with Crippen molar-refractivity contribution < 1.29 is 14.4 Å². The maximum absolute atomic E-state index is 14.3. The Morgan fingerprint density at radius 3 is 2.39 bits per heavy atom. The molecule has 3 amide bonds. The highest BCUT2D eigenvalue weighted by molar-refractivity contribution is 6.00. The van der Waals surface area contributed by atoms with Crippen molar-refractivity contribution in [3.63, 3.8) is 0 Å². The second-order valence-corrected chi connectivity index (χ2v) is 10.8. The first-order chi connectivity index (χ1) is 17.2. The second kappa shape index (κ2) is 9.45. The van der Waals surface area contributed by atoms with Crippen LogP contribution in [-0.4, -0.2) is 58.7 Å². The molecule has 3 aromatic rings. The highest BCUT2D eigenvalue weighted by Crippen LogP contribution is 2.36. The van der Waals surface area contributed by atoms with Crippen LogP contribution in [0.4, 0.5) is 0 Å². The predicted octanol–water partition coefficient (Wildman–Crippen LogP) is 3.45. The molecule has 3 atom stereocenters. The quantitative estimate of drug-likeness (QED) is 0.560. The van der Waals surface area contributed by atoms with E-state index in [1.54, 1.807) is 19.0 Å². The van der Waals surface area contributed by atoms with Gasteiger partial charge in [0.05, 0.1) is 0 Å². The smallest absolute Gasteiger partial charge is 0.249 e. The van der Waals surface area contributed by atoms with Crippen LogP contribution in [0.15, 0.2) is 54.7 Å². The summed E-state index contributed by atoms with van der Waals surface area (Å²) < 4.78 is 0. The Morgan fingerprint density at radius 1 is 1.06 bits per heavy atom. The summed E-state index contributed by atoms with van der Waals surface area (Å²) in [6.07, 6.45) is 3.80. The first kappa shape index (κ1) is 24.1. The van der Waals surface area contributed by atoms with Crippen molar-refractivity contribution in [2.45, 2.75) is 51.2 Å². The molecule has 2 heterocycles. The van der Waals surface area contributed by atoms with E-state index in [9.17, 15) is 14.4 Å². The molecule has 2 N–H and O–H groups in total. The number of carbonyl (C=O) groups excluding carboxylic acids is 3. The van der Waals surface area contributed by atoms with E-state index < -0.39 is 18.1 Å². The molecule has 2 aromatic carbocycles. The largest absolute Gasteiger partial charge is 0.361 e. The van der Waals surface area contributed by atoms with Crippen LogP contribution >= 0.6 is 0 Å². The summed E-state index contributed by atoms with van der Waals surface area (Å²) >= 11 is 0. The Balaban J connectivity index is 1.57. The predicted molar refractivity (Wildman–Crippen MR) is 139 cm³/mol. The number of carbonyl (C=O) groups is 3. The van der Waals surface area contributed by atoms with Gasteiger partial charge < -0.3 is 20.1 Å². The fourth-order valence-electron chi connectivity index (χ4n) is 5.78. The third-order valence-corrected chi connectivity index (χ3v) is 7.55. The van der Waals surface area contributed by atoms with E-state index in [4.69, 9.17) is 0 Å². The molecule has 5 rings (SSSR count). The summed E-state index contributed by atoms with van der Waals surface area (Å²) in [7, 11) is 3.39. The van der Waals surface area contributed by atoms with Crippen LogP contribution in [0, 0.1) is 11.8 Å². The van der Waals surface area contributed by atoms with Crippen molar-refractivity contribution in [1.29, 1.82) is 0 Å². The average Bonchev–Trinajstić information content (AvgIpc) is 3.49. The molecule has 1 fully saturated rings. The number of hydrogen-bond acceptors (Lipinski definition) is 3. The highest BCUT2D eigenvalue weighted by Gasteiger charge is 2.49. The molecule has 0 radical (unpaired) electrons. The number of aromatic nitrogens is 1. The standard InChI is InChI=1S/C29H34N4O3/c1-17(2)13-24-27(34)31-25(22-14-18-7-5-6-8-19(18)15-22)28(35)33(24)26(29(36)32(3)4)21-9-10-23-20(16-21)11-12-30-23/h5-12,16-17,22,24-26,30H,13-15H2,1-4H3,(H,31,34). The van der Waals surface area contributed by atoms with Crippen molar-refractivity contribution in [3.05, 3.63) is 71.4 Å². The molecule has 1 aliphatic carbocycles. The summed E-state index contributed by atoms with van der Waals surface area (Å²) in [5.41, 5.74) is 4.11. The van der Waals surface area contributed by atoms with Gasteiger partial charge in [0.1, 0.15) is 18.1 Å². The molecule has 1 saturated heterocycles. The molecule has 36 heavy (non-hydrogen) atoms. The summed E-state index contributed by atoms with van der Waals surface area (Å²) in [5.74, 6) is -0.430. The number of aromatic amines is 1. The minimum atomic E-state index is -0.882. The van der Waals surface area contributed by atoms with Crippen LogP contribution in [-0.2, 0) is 27.2 Å². The molecule has 0 saturated carbocycles. The van der Waals surface area contributed by atoms with E-state index in [-0.39, 0.29) is 29.6 Å². The minimum Gasteiger partial charge on any atom is -0.361 e. The molecular weight excluding hydrogens is 452 g/mol. The summed E-state index contributed by atoms with van der Waals surface area (Å²) in [6.45, 7) is 4.06.